The van der Waals surface area contributed by atoms with E-state index in [1.807, 2.05) is 54.0 Å². The highest BCUT2D eigenvalue weighted by Gasteiger charge is 2.19. The van der Waals surface area contributed by atoms with Crippen LogP contribution < -0.4 is 15.2 Å². The zero-order valence-corrected chi connectivity index (χ0v) is 16.5. The van der Waals surface area contributed by atoms with E-state index in [-0.39, 0.29) is 0 Å². The highest BCUT2D eigenvalue weighted by atomic mass is 32.1. The van der Waals surface area contributed by atoms with E-state index in [9.17, 15) is 4.79 Å². The average molecular weight is 393 g/mol. The van der Waals surface area contributed by atoms with E-state index in [0.29, 0.717) is 16.4 Å². The number of nitrogens with zero attached hydrogens (tertiary/aromatic N) is 2. The van der Waals surface area contributed by atoms with Gasteiger partial charge in [-0.05, 0) is 24.1 Å². The van der Waals surface area contributed by atoms with Gasteiger partial charge in [-0.2, -0.15) is 0 Å². The van der Waals surface area contributed by atoms with Crippen LogP contribution in [0.1, 0.15) is 15.2 Å². The number of rotatable bonds is 5. The number of carbonyl (C=O) groups is 1. The Morgan fingerprint density at radius 3 is 2.46 bits per heavy atom. The van der Waals surface area contributed by atoms with Crippen LogP contribution >= 0.6 is 11.3 Å². The molecule has 0 fully saturated rings. The van der Waals surface area contributed by atoms with Crippen LogP contribution in [0.3, 0.4) is 0 Å². The summed E-state index contributed by atoms with van der Waals surface area (Å²) in [4.78, 5) is 17.1. The highest BCUT2D eigenvalue weighted by Crippen LogP contribution is 2.38. The third kappa shape index (κ3) is 2.90. The van der Waals surface area contributed by atoms with Gasteiger partial charge in [0.1, 0.15) is 16.2 Å². The molecule has 0 radical (unpaired) electrons. The van der Waals surface area contributed by atoms with Crippen LogP contribution in [-0.4, -0.2) is 29.7 Å². The molecule has 142 valence electrons. The Hall–Kier alpha value is -3.32. The molecule has 2 heterocycles. The Morgan fingerprint density at radius 2 is 1.79 bits per heavy atom. The average Bonchev–Trinajstić information content (AvgIpc) is 3.31. The minimum atomic E-state index is -0.446. The first-order valence-electron chi connectivity index (χ1n) is 8.62. The van der Waals surface area contributed by atoms with Crippen molar-refractivity contribution in [3.63, 3.8) is 0 Å². The van der Waals surface area contributed by atoms with Gasteiger partial charge in [0.05, 0.1) is 25.3 Å². The minimum Gasteiger partial charge on any atom is -0.493 e. The molecule has 6 nitrogen and oxygen atoms in total. The zero-order chi connectivity index (χ0) is 19.8. The van der Waals surface area contributed by atoms with Gasteiger partial charge < -0.3 is 15.2 Å². The number of amides is 1. The topological polar surface area (TPSA) is 79.4 Å². The molecule has 2 aromatic heterocycles. The highest BCUT2D eigenvalue weighted by molar-refractivity contribution is 7.17. The lowest BCUT2D eigenvalue weighted by Crippen LogP contribution is -2.09. The lowest BCUT2D eigenvalue weighted by atomic mass is 10.0. The minimum absolute atomic E-state index is 0.446. The lowest BCUT2D eigenvalue weighted by Gasteiger charge is -2.08. The third-order valence-corrected chi connectivity index (χ3v) is 5.82. The molecule has 0 saturated carbocycles. The van der Waals surface area contributed by atoms with Gasteiger partial charge in [-0.1, -0.05) is 24.3 Å². The van der Waals surface area contributed by atoms with Crippen LogP contribution in [0.2, 0.25) is 0 Å². The van der Waals surface area contributed by atoms with Crippen LogP contribution in [0.4, 0.5) is 0 Å². The summed E-state index contributed by atoms with van der Waals surface area (Å²) in [6, 6.07) is 13.6. The maximum atomic E-state index is 12.1. The molecule has 0 aliphatic rings. The Labute approximate surface area is 166 Å². The number of fused-ring (bicyclic) bond motifs is 1. The Morgan fingerprint density at radius 1 is 1.07 bits per heavy atom. The first kappa shape index (κ1) is 18.1. The zero-order valence-electron chi connectivity index (χ0n) is 15.7. The van der Waals surface area contributed by atoms with Crippen molar-refractivity contribution in [3.8, 4) is 27.6 Å². The molecule has 0 aliphatic heterocycles. The van der Waals surface area contributed by atoms with Gasteiger partial charge in [0.2, 0.25) is 0 Å². The molecule has 0 bridgehead atoms. The van der Waals surface area contributed by atoms with E-state index in [0.717, 1.165) is 32.7 Å². The van der Waals surface area contributed by atoms with Crippen molar-refractivity contribution in [3.05, 3.63) is 59.2 Å². The molecule has 4 aromatic rings. The summed E-state index contributed by atoms with van der Waals surface area (Å²) in [5.74, 6) is 0.783. The lowest BCUT2D eigenvalue weighted by molar-refractivity contribution is 0.100. The Kier molecular flexibility index (Phi) is 4.52. The molecule has 2 N–H and O–H groups in total. The number of aryl methyl sites for hydroxylation is 1. The number of primary amides is 1. The van der Waals surface area contributed by atoms with E-state index in [1.165, 1.54) is 11.3 Å². The molecular formula is C21H19N3O3S. The van der Waals surface area contributed by atoms with Gasteiger partial charge >= 0.3 is 0 Å². The number of methoxy groups -OCH3 is 2. The molecule has 2 aromatic carbocycles. The number of thiophene rings is 1. The van der Waals surface area contributed by atoms with Gasteiger partial charge in [-0.25, -0.2) is 4.98 Å². The quantitative estimate of drug-likeness (QED) is 0.552. The molecule has 7 heteroatoms. The standard InChI is InChI=1S/C21H19N3O3S/c1-12-6-4-5-7-13(12)14-8-19(28-20(14)21(22)25)24-11-23-15-9-17(26-2)18(27-3)10-16(15)24/h4-11H,1-3H3,(H2,22,25). The smallest absolute Gasteiger partial charge is 0.259 e. The molecular weight excluding hydrogens is 374 g/mol. The van der Waals surface area contributed by atoms with Crippen LogP contribution in [0.15, 0.2) is 48.8 Å². The number of hydrogen-bond donors (Lipinski definition) is 1. The van der Waals surface area contributed by atoms with Crippen LogP contribution in [0, 0.1) is 6.92 Å². The van der Waals surface area contributed by atoms with E-state index in [1.54, 1.807) is 20.5 Å². The van der Waals surface area contributed by atoms with Crippen molar-refractivity contribution >= 4 is 28.3 Å². The van der Waals surface area contributed by atoms with Crippen molar-refractivity contribution in [1.82, 2.24) is 9.55 Å². The number of aromatic nitrogens is 2. The summed E-state index contributed by atoms with van der Waals surface area (Å²) in [7, 11) is 3.19. The molecule has 0 saturated heterocycles. The Balaban J connectivity index is 1.92. The van der Waals surface area contributed by atoms with Crippen molar-refractivity contribution in [2.75, 3.05) is 14.2 Å². The van der Waals surface area contributed by atoms with Gasteiger partial charge in [0.15, 0.2) is 11.5 Å². The first-order chi connectivity index (χ1) is 13.5. The monoisotopic (exact) mass is 393 g/mol. The summed E-state index contributed by atoms with van der Waals surface area (Å²) in [5, 5.41) is 0.849. The number of imidazole rings is 1. The maximum absolute atomic E-state index is 12.1. The molecule has 0 unspecified atom stereocenters. The Bertz CT molecular complexity index is 1190. The molecule has 0 aliphatic carbocycles. The second-order valence-corrected chi connectivity index (χ2v) is 7.35. The SMILES string of the molecule is COc1cc2ncn(-c3cc(-c4ccccc4C)c(C(N)=O)s3)c2cc1OC. The molecule has 28 heavy (non-hydrogen) atoms. The summed E-state index contributed by atoms with van der Waals surface area (Å²) >= 11 is 1.34. The van der Waals surface area contributed by atoms with Crippen molar-refractivity contribution < 1.29 is 14.3 Å². The predicted molar refractivity (Wildman–Crippen MR) is 111 cm³/mol. The number of nitrogens with two attached hydrogens (primary N) is 1. The van der Waals surface area contributed by atoms with Crippen molar-refractivity contribution in [2.24, 2.45) is 5.73 Å². The number of carbonyl (C=O) groups excluding carboxylic acids is 1. The number of benzene rings is 2. The normalized spacial score (nSPS) is 11.0. The van der Waals surface area contributed by atoms with Gasteiger partial charge in [0, 0.05) is 17.7 Å². The molecule has 1 amide bonds. The summed E-state index contributed by atoms with van der Waals surface area (Å²) < 4.78 is 12.7. The van der Waals surface area contributed by atoms with Gasteiger partial charge in [0.25, 0.3) is 5.91 Å². The summed E-state index contributed by atoms with van der Waals surface area (Å²) in [6.45, 7) is 2.02. The van der Waals surface area contributed by atoms with Crippen LogP contribution in [0.25, 0.3) is 27.2 Å². The molecule has 4 rings (SSSR count). The van der Waals surface area contributed by atoms with E-state index in [2.05, 4.69) is 4.98 Å². The van der Waals surface area contributed by atoms with Gasteiger partial charge in [-0.3, -0.25) is 9.36 Å². The van der Waals surface area contributed by atoms with Crippen molar-refractivity contribution in [2.45, 2.75) is 6.92 Å². The fourth-order valence-electron chi connectivity index (χ4n) is 3.27. The second kappa shape index (κ2) is 7.01. The molecule has 0 spiro atoms. The van der Waals surface area contributed by atoms with Crippen LogP contribution in [-0.2, 0) is 0 Å². The van der Waals surface area contributed by atoms with E-state index >= 15 is 0 Å². The summed E-state index contributed by atoms with van der Waals surface area (Å²) in [6.07, 6.45) is 1.72. The van der Waals surface area contributed by atoms with Gasteiger partial charge in [-0.15, -0.1) is 11.3 Å². The first-order valence-corrected chi connectivity index (χ1v) is 9.44. The van der Waals surface area contributed by atoms with E-state index in [4.69, 9.17) is 15.2 Å². The fourth-order valence-corrected chi connectivity index (χ4v) is 4.28. The third-order valence-electron chi connectivity index (χ3n) is 4.67. The second-order valence-electron chi connectivity index (χ2n) is 6.32. The fraction of sp³-hybridized carbons (Fsp3) is 0.143. The number of hydrogen-bond acceptors (Lipinski definition) is 5. The maximum Gasteiger partial charge on any atom is 0.259 e. The largest absolute Gasteiger partial charge is 0.493 e. The van der Waals surface area contributed by atoms with Crippen molar-refractivity contribution in [1.29, 1.82) is 0 Å². The van der Waals surface area contributed by atoms with E-state index < -0.39 is 5.91 Å². The predicted octanol–water partition coefficient (Wildman–Crippen LogP) is 4.18. The number of ether oxygens (including phenoxy) is 2. The molecule has 0 atom stereocenters. The van der Waals surface area contributed by atoms with Crippen LogP contribution in [0.5, 0.6) is 11.5 Å². The summed E-state index contributed by atoms with van der Waals surface area (Å²) in [5.41, 5.74) is 10.2.